The number of benzene rings is 2. The number of rotatable bonds is 6. The molecule has 0 saturated heterocycles. The van der Waals surface area contributed by atoms with Crippen LogP contribution in [0.3, 0.4) is 0 Å². The number of aromatic nitrogens is 1. The van der Waals surface area contributed by atoms with Gasteiger partial charge in [0.05, 0.1) is 12.0 Å². The number of carbonyl (C=O) groups is 1. The lowest BCUT2D eigenvalue weighted by atomic mass is 10.1. The van der Waals surface area contributed by atoms with E-state index in [1.807, 2.05) is 6.92 Å². The fourth-order valence-electron chi connectivity index (χ4n) is 3.01. The van der Waals surface area contributed by atoms with Crippen molar-refractivity contribution < 1.29 is 26.5 Å². The van der Waals surface area contributed by atoms with Gasteiger partial charge in [0.2, 0.25) is 5.52 Å². The molecule has 24 heavy (non-hydrogen) atoms. The summed E-state index contributed by atoms with van der Waals surface area (Å²) in [7, 11) is 0. The molecule has 1 heterocycles. The van der Waals surface area contributed by atoms with E-state index in [0.717, 1.165) is 19.4 Å². The first-order chi connectivity index (χ1) is 11.3. The number of para-hydroxylation sites is 1. The zero-order valence-corrected chi connectivity index (χ0v) is 14.6. The van der Waals surface area contributed by atoms with E-state index in [1.54, 1.807) is 0 Å². The summed E-state index contributed by atoms with van der Waals surface area (Å²) in [5, 5.41) is 3.80. The average molecular weight is 344 g/mol. The van der Waals surface area contributed by atoms with Gasteiger partial charge in [0, 0.05) is 29.7 Å². The summed E-state index contributed by atoms with van der Waals surface area (Å²) in [6.07, 6.45) is 4.53. The number of halogens is 1. The first-order valence-electron chi connectivity index (χ1n) is 8.25. The van der Waals surface area contributed by atoms with Crippen molar-refractivity contribution in [3.8, 4) is 0 Å². The molecule has 0 saturated carbocycles. The Balaban J connectivity index is 0.00000208. The highest BCUT2D eigenvalue weighted by Gasteiger charge is 2.12. The average Bonchev–Trinajstić information content (AvgIpc) is 2.59. The van der Waals surface area contributed by atoms with Gasteiger partial charge in [-0.15, -0.1) is 0 Å². The number of hydrogen-bond donors (Lipinski definition) is 0. The van der Waals surface area contributed by atoms with E-state index in [2.05, 4.69) is 59.3 Å². The van der Waals surface area contributed by atoms with E-state index in [9.17, 15) is 4.79 Å². The van der Waals surface area contributed by atoms with Crippen LogP contribution in [0.1, 0.15) is 26.2 Å². The van der Waals surface area contributed by atoms with Crippen molar-refractivity contribution in [3.63, 3.8) is 0 Å². The second-order valence-corrected chi connectivity index (χ2v) is 5.69. The lowest BCUT2D eigenvalue weighted by Crippen LogP contribution is -3.00. The predicted octanol–water partition coefficient (Wildman–Crippen LogP) is 1.02. The summed E-state index contributed by atoms with van der Waals surface area (Å²) in [5.74, 6) is -0.0964. The molecule has 0 aliphatic carbocycles. The van der Waals surface area contributed by atoms with Gasteiger partial charge < -0.3 is 17.1 Å². The number of pyridine rings is 1. The van der Waals surface area contributed by atoms with Crippen LogP contribution in [-0.4, -0.2) is 12.6 Å². The second-order valence-electron chi connectivity index (χ2n) is 5.69. The number of hydrogen-bond acceptors (Lipinski definition) is 2. The largest absolute Gasteiger partial charge is 1.00 e. The standard InChI is InChI=1S/C20H22NO2.ClH/c1-2-23-20(22)13-7-8-14-21-15-16-9-3-4-10-17(16)18-11-5-6-12-19(18)21;/h3-6,9-12,15H,2,7-8,13-14H2,1H3;1H/q+1;/p-1. The first-order valence-corrected chi connectivity index (χ1v) is 8.25. The minimum Gasteiger partial charge on any atom is -1.00 e. The number of ether oxygens (including phenoxy) is 1. The van der Waals surface area contributed by atoms with Crippen molar-refractivity contribution >= 4 is 27.6 Å². The molecule has 0 N–H and O–H groups in total. The third kappa shape index (κ3) is 4.04. The van der Waals surface area contributed by atoms with Gasteiger partial charge in [0.15, 0.2) is 6.20 Å². The van der Waals surface area contributed by atoms with Gasteiger partial charge in [-0.25, -0.2) is 0 Å². The van der Waals surface area contributed by atoms with Crippen LogP contribution in [0.15, 0.2) is 54.7 Å². The molecule has 2 aromatic carbocycles. The lowest BCUT2D eigenvalue weighted by Gasteiger charge is -2.05. The van der Waals surface area contributed by atoms with Crippen LogP contribution in [0.25, 0.3) is 21.7 Å². The molecule has 0 spiro atoms. The van der Waals surface area contributed by atoms with Crippen LogP contribution in [-0.2, 0) is 16.1 Å². The molecule has 3 nitrogen and oxygen atoms in total. The van der Waals surface area contributed by atoms with Gasteiger partial charge >= 0.3 is 5.97 Å². The molecule has 0 fully saturated rings. The molecule has 0 aliphatic heterocycles. The summed E-state index contributed by atoms with van der Waals surface area (Å²) in [4.78, 5) is 11.4. The number of fused-ring (bicyclic) bond motifs is 3. The van der Waals surface area contributed by atoms with E-state index in [4.69, 9.17) is 4.74 Å². The Bertz CT molecular complexity index is 832. The van der Waals surface area contributed by atoms with Crippen LogP contribution in [0.2, 0.25) is 0 Å². The molecular weight excluding hydrogens is 322 g/mol. The molecule has 3 aromatic rings. The minimum absolute atomic E-state index is 0. The molecule has 0 atom stereocenters. The number of aryl methyl sites for hydroxylation is 1. The molecule has 0 bridgehead atoms. The lowest BCUT2D eigenvalue weighted by molar-refractivity contribution is -0.670. The SMILES string of the molecule is CCOC(=O)CCCC[n+]1cc2ccccc2c2ccccc21.[Cl-]. The van der Waals surface area contributed by atoms with Crippen molar-refractivity contribution in [2.45, 2.75) is 32.7 Å². The smallest absolute Gasteiger partial charge is 0.305 e. The fourth-order valence-corrected chi connectivity index (χ4v) is 3.01. The predicted molar refractivity (Wildman–Crippen MR) is 92.1 cm³/mol. The zero-order chi connectivity index (χ0) is 16.1. The Morgan fingerprint density at radius 1 is 1.00 bits per heavy atom. The van der Waals surface area contributed by atoms with Gasteiger partial charge in [-0.1, -0.05) is 30.3 Å². The van der Waals surface area contributed by atoms with Crippen molar-refractivity contribution in [2.75, 3.05) is 6.61 Å². The maximum atomic E-state index is 11.4. The monoisotopic (exact) mass is 343 g/mol. The van der Waals surface area contributed by atoms with Crippen LogP contribution in [0.5, 0.6) is 0 Å². The summed E-state index contributed by atoms with van der Waals surface area (Å²) >= 11 is 0. The van der Waals surface area contributed by atoms with Crippen LogP contribution >= 0.6 is 0 Å². The Kier molecular flexibility index (Phi) is 6.56. The Labute approximate surface area is 148 Å². The normalized spacial score (nSPS) is 10.5. The summed E-state index contributed by atoms with van der Waals surface area (Å²) in [5.41, 5.74) is 1.24. The van der Waals surface area contributed by atoms with Gasteiger partial charge in [-0.3, -0.25) is 4.79 Å². The minimum atomic E-state index is -0.0964. The molecule has 1 aromatic heterocycles. The number of carbonyl (C=O) groups excluding carboxylic acids is 1. The Morgan fingerprint density at radius 2 is 1.71 bits per heavy atom. The maximum Gasteiger partial charge on any atom is 0.305 e. The maximum absolute atomic E-state index is 11.4. The van der Waals surface area contributed by atoms with Crippen LogP contribution in [0, 0.1) is 0 Å². The molecule has 0 aliphatic rings. The van der Waals surface area contributed by atoms with Crippen molar-refractivity contribution in [3.05, 3.63) is 54.7 Å². The fraction of sp³-hybridized carbons (Fsp3) is 0.300. The van der Waals surface area contributed by atoms with Crippen molar-refractivity contribution in [1.29, 1.82) is 0 Å². The third-order valence-electron chi connectivity index (χ3n) is 4.09. The van der Waals surface area contributed by atoms with Crippen LogP contribution < -0.4 is 17.0 Å². The molecule has 3 rings (SSSR count). The second kappa shape index (κ2) is 8.65. The Morgan fingerprint density at radius 3 is 2.50 bits per heavy atom. The van der Waals surface area contributed by atoms with E-state index >= 15 is 0 Å². The number of nitrogens with zero attached hydrogens (tertiary/aromatic N) is 1. The number of esters is 1. The first kappa shape index (κ1) is 18.2. The Hall–Kier alpha value is -2.13. The van der Waals surface area contributed by atoms with Gasteiger partial charge in [0.1, 0.15) is 6.54 Å². The highest BCUT2D eigenvalue weighted by Crippen LogP contribution is 2.22. The molecular formula is C20H22ClNO2. The molecule has 4 heteroatoms. The van der Waals surface area contributed by atoms with E-state index < -0.39 is 0 Å². The molecule has 0 unspecified atom stereocenters. The van der Waals surface area contributed by atoms with Crippen molar-refractivity contribution in [1.82, 2.24) is 0 Å². The highest BCUT2D eigenvalue weighted by molar-refractivity contribution is 6.03. The molecule has 0 amide bonds. The molecule has 126 valence electrons. The summed E-state index contributed by atoms with van der Waals surface area (Å²) < 4.78 is 7.27. The van der Waals surface area contributed by atoms with Gasteiger partial charge in [-0.2, -0.15) is 4.57 Å². The number of unbranched alkanes of at least 4 members (excludes halogenated alkanes) is 1. The third-order valence-corrected chi connectivity index (χ3v) is 4.09. The highest BCUT2D eigenvalue weighted by atomic mass is 35.5. The van der Waals surface area contributed by atoms with Gasteiger partial charge in [-0.05, 0) is 25.5 Å². The quantitative estimate of drug-likeness (QED) is 0.289. The van der Waals surface area contributed by atoms with Gasteiger partial charge in [0.25, 0.3) is 0 Å². The van der Waals surface area contributed by atoms with Crippen LogP contribution in [0.4, 0.5) is 0 Å². The zero-order valence-electron chi connectivity index (χ0n) is 13.9. The topological polar surface area (TPSA) is 30.2 Å². The van der Waals surface area contributed by atoms with Crippen molar-refractivity contribution in [2.24, 2.45) is 0 Å². The van der Waals surface area contributed by atoms with E-state index in [1.165, 1.54) is 21.7 Å². The van der Waals surface area contributed by atoms with E-state index in [-0.39, 0.29) is 18.4 Å². The summed E-state index contributed by atoms with van der Waals surface area (Å²) in [6.45, 7) is 3.21. The van der Waals surface area contributed by atoms with E-state index in [0.29, 0.717) is 13.0 Å². The summed E-state index contributed by atoms with van der Waals surface area (Å²) in [6, 6.07) is 17.0. The molecule has 0 radical (unpaired) electrons.